The van der Waals surface area contributed by atoms with Crippen LogP contribution in [0.4, 0.5) is 5.69 Å². The number of rotatable bonds is 1. The van der Waals surface area contributed by atoms with Crippen LogP contribution in [0, 0.1) is 6.92 Å². The van der Waals surface area contributed by atoms with E-state index in [9.17, 15) is 0 Å². The van der Waals surface area contributed by atoms with Crippen molar-refractivity contribution in [2.24, 2.45) is 0 Å². The molecule has 1 saturated heterocycles. The van der Waals surface area contributed by atoms with Crippen molar-refractivity contribution in [1.29, 1.82) is 0 Å². The summed E-state index contributed by atoms with van der Waals surface area (Å²) in [6, 6.07) is 0. The van der Waals surface area contributed by atoms with Gasteiger partial charge in [-0.3, -0.25) is 0 Å². The summed E-state index contributed by atoms with van der Waals surface area (Å²) >= 11 is 0. The van der Waals surface area contributed by atoms with Gasteiger partial charge in [0, 0.05) is 13.1 Å². The second-order valence-corrected chi connectivity index (χ2v) is 3.09. The SMILES string of the molecule is Cc1ncc(N2CCOCC2)cn1. The molecular weight excluding hydrogens is 166 g/mol. The average molecular weight is 179 g/mol. The highest BCUT2D eigenvalue weighted by Gasteiger charge is 2.10. The molecule has 1 aromatic rings. The lowest BCUT2D eigenvalue weighted by molar-refractivity contribution is 0.122. The third-order valence-corrected chi connectivity index (χ3v) is 2.14. The smallest absolute Gasteiger partial charge is 0.125 e. The first-order valence-electron chi connectivity index (χ1n) is 4.47. The number of morpholine rings is 1. The topological polar surface area (TPSA) is 38.2 Å². The predicted molar refractivity (Wildman–Crippen MR) is 49.8 cm³/mol. The highest BCUT2D eigenvalue weighted by molar-refractivity contribution is 5.42. The lowest BCUT2D eigenvalue weighted by Gasteiger charge is -2.28. The van der Waals surface area contributed by atoms with Crippen LogP contribution >= 0.6 is 0 Å². The van der Waals surface area contributed by atoms with Crippen LogP contribution in [0.15, 0.2) is 12.4 Å². The van der Waals surface area contributed by atoms with Crippen LogP contribution in [0.5, 0.6) is 0 Å². The van der Waals surface area contributed by atoms with E-state index in [1.54, 1.807) is 0 Å². The summed E-state index contributed by atoms with van der Waals surface area (Å²) in [6.45, 7) is 5.36. The van der Waals surface area contributed by atoms with E-state index >= 15 is 0 Å². The Morgan fingerprint density at radius 1 is 1.23 bits per heavy atom. The molecule has 4 heteroatoms. The molecule has 70 valence electrons. The van der Waals surface area contributed by atoms with E-state index in [1.807, 2.05) is 19.3 Å². The van der Waals surface area contributed by atoms with Gasteiger partial charge in [-0.15, -0.1) is 0 Å². The van der Waals surface area contributed by atoms with Crippen LogP contribution in [0.2, 0.25) is 0 Å². The molecule has 0 saturated carbocycles. The van der Waals surface area contributed by atoms with Crippen molar-refractivity contribution < 1.29 is 4.74 Å². The number of aryl methyl sites for hydroxylation is 1. The molecule has 13 heavy (non-hydrogen) atoms. The molecule has 0 spiro atoms. The predicted octanol–water partition coefficient (Wildman–Crippen LogP) is 0.622. The average Bonchev–Trinajstić information content (AvgIpc) is 2.20. The fourth-order valence-corrected chi connectivity index (χ4v) is 1.37. The zero-order valence-electron chi connectivity index (χ0n) is 7.73. The van der Waals surface area contributed by atoms with E-state index in [4.69, 9.17) is 4.74 Å². The molecule has 0 atom stereocenters. The van der Waals surface area contributed by atoms with Crippen molar-refractivity contribution in [2.75, 3.05) is 31.2 Å². The Morgan fingerprint density at radius 2 is 1.85 bits per heavy atom. The summed E-state index contributed by atoms with van der Waals surface area (Å²) in [5, 5.41) is 0. The minimum Gasteiger partial charge on any atom is -0.378 e. The van der Waals surface area contributed by atoms with Crippen molar-refractivity contribution in [3.8, 4) is 0 Å². The highest BCUT2D eigenvalue weighted by atomic mass is 16.5. The highest BCUT2D eigenvalue weighted by Crippen LogP contribution is 2.12. The summed E-state index contributed by atoms with van der Waals surface area (Å²) in [4.78, 5) is 10.6. The fraction of sp³-hybridized carbons (Fsp3) is 0.556. The molecule has 0 aliphatic carbocycles. The summed E-state index contributed by atoms with van der Waals surface area (Å²) in [5.74, 6) is 0.817. The molecule has 0 N–H and O–H groups in total. The maximum Gasteiger partial charge on any atom is 0.125 e. The van der Waals surface area contributed by atoms with Crippen molar-refractivity contribution in [3.63, 3.8) is 0 Å². The molecule has 0 radical (unpaired) electrons. The summed E-state index contributed by atoms with van der Waals surface area (Å²) < 4.78 is 5.26. The molecule has 1 aromatic heterocycles. The number of hydrogen-bond acceptors (Lipinski definition) is 4. The molecule has 4 nitrogen and oxygen atoms in total. The van der Waals surface area contributed by atoms with E-state index in [0.717, 1.165) is 37.8 Å². The Hall–Kier alpha value is -1.16. The van der Waals surface area contributed by atoms with Crippen molar-refractivity contribution in [1.82, 2.24) is 9.97 Å². The zero-order valence-corrected chi connectivity index (χ0v) is 7.73. The third kappa shape index (κ3) is 1.95. The van der Waals surface area contributed by atoms with Gasteiger partial charge in [-0.2, -0.15) is 0 Å². The Balaban J connectivity index is 2.10. The van der Waals surface area contributed by atoms with Gasteiger partial charge < -0.3 is 9.64 Å². The molecule has 1 aliphatic heterocycles. The van der Waals surface area contributed by atoms with Gasteiger partial charge in [0.05, 0.1) is 31.3 Å². The maximum absolute atomic E-state index is 5.26. The number of ether oxygens (including phenoxy) is 1. The van der Waals surface area contributed by atoms with Gasteiger partial charge in [-0.25, -0.2) is 9.97 Å². The Labute approximate surface area is 77.6 Å². The van der Waals surface area contributed by atoms with Gasteiger partial charge in [-0.05, 0) is 6.92 Å². The number of aromatic nitrogens is 2. The zero-order chi connectivity index (χ0) is 9.10. The van der Waals surface area contributed by atoms with Gasteiger partial charge in [0.15, 0.2) is 0 Å². The summed E-state index contributed by atoms with van der Waals surface area (Å²) in [5.41, 5.74) is 1.09. The first-order chi connectivity index (χ1) is 6.36. The van der Waals surface area contributed by atoms with Gasteiger partial charge in [0.2, 0.25) is 0 Å². The molecule has 2 rings (SSSR count). The maximum atomic E-state index is 5.26. The largest absolute Gasteiger partial charge is 0.378 e. The van der Waals surface area contributed by atoms with E-state index in [2.05, 4.69) is 14.9 Å². The van der Waals surface area contributed by atoms with Gasteiger partial charge >= 0.3 is 0 Å². The molecule has 1 aliphatic rings. The Morgan fingerprint density at radius 3 is 2.46 bits per heavy atom. The lowest BCUT2D eigenvalue weighted by Crippen LogP contribution is -2.36. The Bertz CT molecular complexity index is 267. The normalized spacial score (nSPS) is 17.5. The monoisotopic (exact) mass is 179 g/mol. The lowest BCUT2D eigenvalue weighted by atomic mass is 10.3. The van der Waals surface area contributed by atoms with Crippen molar-refractivity contribution in [2.45, 2.75) is 6.92 Å². The second kappa shape index (κ2) is 3.70. The third-order valence-electron chi connectivity index (χ3n) is 2.14. The van der Waals surface area contributed by atoms with Crippen LogP contribution < -0.4 is 4.90 Å². The first-order valence-corrected chi connectivity index (χ1v) is 4.47. The second-order valence-electron chi connectivity index (χ2n) is 3.09. The molecule has 0 aromatic carbocycles. The molecule has 1 fully saturated rings. The number of anilines is 1. The van der Waals surface area contributed by atoms with Gasteiger partial charge in [0.1, 0.15) is 5.82 Å². The van der Waals surface area contributed by atoms with Crippen LogP contribution in [0.25, 0.3) is 0 Å². The minimum absolute atomic E-state index is 0.799. The van der Waals surface area contributed by atoms with E-state index in [-0.39, 0.29) is 0 Å². The van der Waals surface area contributed by atoms with Gasteiger partial charge in [0.25, 0.3) is 0 Å². The van der Waals surface area contributed by atoms with Crippen LogP contribution in [0.3, 0.4) is 0 Å². The quantitative estimate of drug-likeness (QED) is 0.633. The van der Waals surface area contributed by atoms with E-state index in [1.165, 1.54) is 0 Å². The van der Waals surface area contributed by atoms with Gasteiger partial charge in [-0.1, -0.05) is 0 Å². The number of nitrogens with zero attached hydrogens (tertiary/aromatic N) is 3. The first kappa shape index (κ1) is 8.44. The minimum atomic E-state index is 0.799. The number of hydrogen-bond donors (Lipinski definition) is 0. The van der Waals surface area contributed by atoms with Crippen molar-refractivity contribution in [3.05, 3.63) is 18.2 Å². The van der Waals surface area contributed by atoms with E-state index in [0.29, 0.717) is 0 Å². The van der Waals surface area contributed by atoms with Crippen molar-refractivity contribution >= 4 is 5.69 Å². The molecule has 0 bridgehead atoms. The summed E-state index contributed by atoms with van der Waals surface area (Å²) in [6.07, 6.45) is 3.74. The standard InChI is InChI=1S/C9H13N3O/c1-8-10-6-9(7-11-8)12-2-4-13-5-3-12/h6-7H,2-5H2,1H3. The Kier molecular flexibility index (Phi) is 2.40. The molecular formula is C9H13N3O. The van der Waals surface area contributed by atoms with Crippen LogP contribution in [0.1, 0.15) is 5.82 Å². The van der Waals surface area contributed by atoms with Crippen LogP contribution in [-0.2, 0) is 4.74 Å². The molecule has 0 unspecified atom stereocenters. The molecule has 2 heterocycles. The van der Waals surface area contributed by atoms with E-state index < -0.39 is 0 Å². The summed E-state index contributed by atoms with van der Waals surface area (Å²) in [7, 11) is 0. The van der Waals surface area contributed by atoms with Crippen LogP contribution in [-0.4, -0.2) is 36.3 Å². The molecule has 0 amide bonds. The fourth-order valence-electron chi connectivity index (χ4n) is 1.37.